The number of anilines is 6. The van der Waals surface area contributed by atoms with E-state index < -0.39 is 0 Å². The van der Waals surface area contributed by atoms with E-state index in [1.54, 1.807) is 0 Å². The minimum atomic E-state index is -0.206. The Morgan fingerprint density at radius 3 is 1.76 bits per heavy atom. The van der Waals surface area contributed by atoms with Gasteiger partial charge in [0, 0.05) is 33.1 Å². The highest BCUT2D eigenvalue weighted by Crippen LogP contribution is 2.55. The first-order valence-corrected chi connectivity index (χ1v) is 19.1. The summed E-state index contributed by atoms with van der Waals surface area (Å²) >= 11 is 0. The molecule has 0 atom stereocenters. The monoisotopic (exact) mass is 704 g/mol. The lowest BCUT2D eigenvalue weighted by molar-refractivity contribution is 0.632. The van der Waals surface area contributed by atoms with Crippen LogP contribution in [0, 0.1) is 0 Å². The van der Waals surface area contributed by atoms with Crippen molar-refractivity contribution in [2.24, 2.45) is 0 Å². The third kappa shape index (κ3) is 5.49. The molecule has 0 fully saturated rings. The van der Waals surface area contributed by atoms with Gasteiger partial charge in [0.25, 0.3) is 0 Å². The summed E-state index contributed by atoms with van der Waals surface area (Å²) in [5, 5.41) is 4.88. The van der Waals surface area contributed by atoms with Gasteiger partial charge in [-0.15, -0.1) is 0 Å². The zero-order valence-electron chi connectivity index (χ0n) is 31.0. The van der Waals surface area contributed by atoms with E-state index in [0.717, 1.165) is 17.1 Å². The van der Waals surface area contributed by atoms with Crippen molar-refractivity contribution in [1.82, 2.24) is 0 Å². The summed E-state index contributed by atoms with van der Waals surface area (Å²) in [6.07, 6.45) is 0. The van der Waals surface area contributed by atoms with E-state index in [2.05, 4.69) is 230 Å². The first-order chi connectivity index (χ1) is 27.1. The molecule has 0 radical (unpaired) electrons. The van der Waals surface area contributed by atoms with Crippen LogP contribution in [0.4, 0.5) is 34.1 Å². The summed E-state index contributed by atoms with van der Waals surface area (Å²) in [5.74, 6) is 0. The molecule has 0 spiro atoms. The van der Waals surface area contributed by atoms with Crippen LogP contribution in [0.5, 0.6) is 0 Å². The van der Waals surface area contributed by atoms with Gasteiger partial charge in [-0.25, -0.2) is 0 Å². The number of para-hydroxylation sites is 2. The number of hydrogen-bond donors (Lipinski definition) is 0. The molecule has 0 saturated carbocycles. The van der Waals surface area contributed by atoms with E-state index in [1.807, 2.05) is 0 Å². The van der Waals surface area contributed by atoms with Gasteiger partial charge in [0.05, 0.1) is 22.7 Å². The van der Waals surface area contributed by atoms with E-state index >= 15 is 0 Å². The fraction of sp³-hybridized carbons (Fsp3) is 0.0566. The number of nitrogens with zero attached hydrogens (tertiary/aromatic N) is 2. The molecule has 262 valence electrons. The van der Waals surface area contributed by atoms with Crippen LogP contribution in [0.1, 0.15) is 25.0 Å². The van der Waals surface area contributed by atoms with Crippen molar-refractivity contribution >= 4 is 55.7 Å². The van der Waals surface area contributed by atoms with Crippen molar-refractivity contribution in [1.29, 1.82) is 0 Å². The van der Waals surface area contributed by atoms with Crippen molar-refractivity contribution in [3.63, 3.8) is 0 Å². The zero-order valence-corrected chi connectivity index (χ0v) is 31.0. The molecule has 0 amide bonds. The summed E-state index contributed by atoms with van der Waals surface area (Å²) in [5.41, 5.74) is 14.2. The van der Waals surface area contributed by atoms with Gasteiger partial charge >= 0.3 is 0 Å². The van der Waals surface area contributed by atoms with Crippen LogP contribution in [0.25, 0.3) is 43.8 Å². The lowest BCUT2D eigenvalue weighted by Gasteiger charge is -2.43. The topological polar surface area (TPSA) is 6.48 Å². The molecule has 2 nitrogen and oxygen atoms in total. The Morgan fingerprint density at radius 1 is 0.400 bits per heavy atom. The second-order valence-corrected chi connectivity index (χ2v) is 15.0. The maximum Gasteiger partial charge on any atom is 0.0618 e. The van der Waals surface area contributed by atoms with Crippen molar-refractivity contribution in [3.8, 4) is 22.3 Å². The first-order valence-electron chi connectivity index (χ1n) is 19.1. The molecule has 1 heterocycles. The molecule has 9 aromatic rings. The normalized spacial score (nSPS) is 13.0. The summed E-state index contributed by atoms with van der Waals surface area (Å²) in [7, 11) is 0. The van der Waals surface area contributed by atoms with Gasteiger partial charge in [0.1, 0.15) is 0 Å². The lowest BCUT2D eigenvalue weighted by Crippen LogP contribution is -2.31. The second-order valence-electron chi connectivity index (χ2n) is 15.0. The highest BCUT2D eigenvalue weighted by atomic mass is 15.2. The molecular formula is C53H40N2. The van der Waals surface area contributed by atoms with Gasteiger partial charge in [0.2, 0.25) is 0 Å². The van der Waals surface area contributed by atoms with E-state index in [4.69, 9.17) is 0 Å². The molecule has 1 aliphatic rings. The van der Waals surface area contributed by atoms with Crippen LogP contribution in [0.2, 0.25) is 0 Å². The molecule has 0 saturated heterocycles. The Balaban J connectivity index is 1.17. The average Bonchev–Trinajstić information content (AvgIpc) is 3.25. The van der Waals surface area contributed by atoms with Gasteiger partial charge in [-0.2, -0.15) is 0 Å². The SMILES string of the molecule is CC1(C)c2ccccc2N(c2c(-c3ccc(N(c4ccccc4)c4cccc5ccccc45)cc3)ccc3ccccc23)c2ccc(-c3ccccc3)cc21. The zero-order chi connectivity index (χ0) is 36.9. The van der Waals surface area contributed by atoms with Crippen LogP contribution in [0.3, 0.4) is 0 Å². The summed E-state index contributed by atoms with van der Waals surface area (Å²) < 4.78 is 0. The van der Waals surface area contributed by atoms with E-state index in [1.165, 1.54) is 72.0 Å². The largest absolute Gasteiger partial charge is 0.310 e. The van der Waals surface area contributed by atoms with Crippen LogP contribution >= 0.6 is 0 Å². The van der Waals surface area contributed by atoms with Crippen molar-refractivity contribution < 1.29 is 0 Å². The van der Waals surface area contributed by atoms with Gasteiger partial charge in [-0.3, -0.25) is 0 Å². The predicted octanol–water partition coefficient (Wildman–Crippen LogP) is 14.9. The van der Waals surface area contributed by atoms with E-state index in [-0.39, 0.29) is 5.41 Å². The Hall–Kier alpha value is -6.90. The maximum absolute atomic E-state index is 2.53. The molecule has 9 aromatic carbocycles. The number of benzene rings is 9. The molecule has 0 bridgehead atoms. The quantitative estimate of drug-likeness (QED) is 0.170. The van der Waals surface area contributed by atoms with Gasteiger partial charge < -0.3 is 9.80 Å². The molecule has 0 aromatic heterocycles. The molecule has 10 rings (SSSR count). The van der Waals surface area contributed by atoms with E-state index in [0.29, 0.717) is 0 Å². The standard InChI is InChI=1S/C53H40N2/c1-53(2)47-25-13-14-26-50(47)55(51-35-31-41(36-48(51)53)37-16-5-3-6-17-37)52-45-24-12-10-19-39(45)30-34-46(52)40-28-32-43(33-29-40)54(42-21-7-4-8-22-42)49-27-15-20-38-18-9-11-23-44(38)49/h3-36H,1-2H3. The molecular weight excluding hydrogens is 665 g/mol. The van der Waals surface area contributed by atoms with Crippen molar-refractivity contribution in [2.75, 3.05) is 9.80 Å². The fourth-order valence-electron chi connectivity index (χ4n) is 8.68. The van der Waals surface area contributed by atoms with Crippen LogP contribution in [0.15, 0.2) is 206 Å². The van der Waals surface area contributed by atoms with E-state index in [9.17, 15) is 0 Å². The summed E-state index contributed by atoms with van der Waals surface area (Å²) in [6.45, 7) is 4.74. The molecule has 1 aliphatic heterocycles. The third-order valence-electron chi connectivity index (χ3n) is 11.4. The highest BCUT2D eigenvalue weighted by molar-refractivity contribution is 6.08. The first kappa shape index (κ1) is 32.7. The molecule has 2 heteroatoms. The lowest BCUT2D eigenvalue weighted by atomic mass is 9.72. The van der Waals surface area contributed by atoms with Crippen LogP contribution < -0.4 is 9.80 Å². The van der Waals surface area contributed by atoms with Crippen molar-refractivity contribution in [3.05, 3.63) is 217 Å². The smallest absolute Gasteiger partial charge is 0.0618 e. The van der Waals surface area contributed by atoms with Crippen LogP contribution in [-0.2, 0) is 5.41 Å². The number of fused-ring (bicyclic) bond motifs is 4. The predicted molar refractivity (Wildman–Crippen MR) is 234 cm³/mol. The van der Waals surface area contributed by atoms with Gasteiger partial charge in [0.15, 0.2) is 0 Å². The Bertz CT molecular complexity index is 2830. The molecule has 0 N–H and O–H groups in total. The molecule has 0 aliphatic carbocycles. The Kier molecular flexibility index (Phi) is 7.85. The number of hydrogen-bond acceptors (Lipinski definition) is 2. The molecule has 0 unspecified atom stereocenters. The van der Waals surface area contributed by atoms with Gasteiger partial charge in [-0.1, -0.05) is 172 Å². The Morgan fingerprint density at radius 2 is 0.982 bits per heavy atom. The second kappa shape index (κ2) is 13.2. The fourth-order valence-corrected chi connectivity index (χ4v) is 8.68. The van der Waals surface area contributed by atoms with Gasteiger partial charge in [-0.05, 0) is 87.1 Å². The number of rotatable bonds is 6. The average molecular weight is 705 g/mol. The van der Waals surface area contributed by atoms with Crippen molar-refractivity contribution in [2.45, 2.75) is 19.3 Å². The summed E-state index contributed by atoms with van der Waals surface area (Å²) in [4.78, 5) is 4.90. The third-order valence-corrected chi connectivity index (χ3v) is 11.4. The maximum atomic E-state index is 2.53. The minimum absolute atomic E-state index is 0.206. The van der Waals surface area contributed by atoms with Crippen LogP contribution in [-0.4, -0.2) is 0 Å². The summed E-state index contributed by atoms with van der Waals surface area (Å²) in [6, 6.07) is 75.2. The highest BCUT2D eigenvalue weighted by Gasteiger charge is 2.38. The minimum Gasteiger partial charge on any atom is -0.310 e. The Labute approximate surface area is 323 Å². The molecule has 55 heavy (non-hydrogen) atoms.